The van der Waals surface area contributed by atoms with E-state index in [-0.39, 0.29) is 18.8 Å². The van der Waals surface area contributed by atoms with E-state index in [1.54, 1.807) is 12.3 Å². The van der Waals surface area contributed by atoms with E-state index >= 15 is 0 Å². The van der Waals surface area contributed by atoms with Crippen molar-refractivity contribution in [3.63, 3.8) is 0 Å². The minimum atomic E-state index is -0.904. The van der Waals surface area contributed by atoms with Crippen LogP contribution in [0.1, 0.15) is 6.42 Å². The van der Waals surface area contributed by atoms with Gasteiger partial charge in [0.25, 0.3) is 5.56 Å². The largest absolute Gasteiger partial charge is 0.503 e. The second-order valence-electron chi connectivity index (χ2n) is 6.93. The summed E-state index contributed by atoms with van der Waals surface area (Å²) in [5, 5.41) is 27.7. The first-order valence-electron chi connectivity index (χ1n) is 9.34. The van der Waals surface area contributed by atoms with Crippen molar-refractivity contribution in [2.45, 2.75) is 13.0 Å². The molecule has 2 heterocycles. The van der Waals surface area contributed by atoms with E-state index in [1.807, 2.05) is 9.80 Å². The molecule has 0 aromatic carbocycles. The SMILES string of the molecule is O=C(O)CN1CCN(CCCn2cccc(O)c2=O)CCN(CC(=O)O)CC1. The molecule has 0 bridgehead atoms. The number of rotatable bonds is 8. The Morgan fingerprint density at radius 1 is 0.857 bits per heavy atom. The molecule has 10 nitrogen and oxygen atoms in total. The van der Waals surface area contributed by atoms with Crippen LogP contribution in [0.15, 0.2) is 23.1 Å². The molecule has 28 heavy (non-hydrogen) atoms. The molecule has 0 atom stereocenters. The molecule has 1 fully saturated rings. The third-order valence-corrected chi connectivity index (χ3v) is 4.79. The van der Waals surface area contributed by atoms with Crippen molar-refractivity contribution in [1.82, 2.24) is 19.3 Å². The zero-order chi connectivity index (χ0) is 20.5. The molecule has 0 amide bonds. The monoisotopic (exact) mass is 396 g/mol. The normalized spacial score (nSPS) is 17.6. The maximum absolute atomic E-state index is 11.9. The molecular formula is C18H28N4O6. The molecule has 0 saturated carbocycles. The molecule has 0 spiro atoms. The molecule has 0 aliphatic carbocycles. The molecule has 1 saturated heterocycles. The van der Waals surface area contributed by atoms with Crippen molar-refractivity contribution in [3.8, 4) is 5.75 Å². The summed E-state index contributed by atoms with van der Waals surface area (Å²) in [6.45, 7) is 4.51. The Kier molecular flexibility index (Phi) is 8.42. The first-order chi connectivity index (χ1) is 13.3. The lowest BCUT2D eigenvalue weighted by Crippen LogP contribution is -2.40. The summed E-state index contributed by atoms with van der Waals surface area (Å²) < 4.78 is 1.46. The molecule has 1 aliphatic rings. The fourth-order valence-corrected chi connectivity index (χ4v) is 3.27. The van der Waals surface area contributed by atoms with Gasteiger partial charge in [-0.15, -0.1) is 0 Å². The van der Waals surface area contributed by atoms with Crippen molar-refractivity contribution >= 4 is 11.9 Å². The van der Waals surface area contributed by atoms with Crippen LogP contribution in [0.5, 0.6) is 5.75 Å². The van der Waals surface area contributed by atoms with Gasteiger partial charge in [-0.3, -0.25) is 24.2 Å². The average Bonchev–Trinajstić information content (AvgIpc) is 2.70. The van der Waals surface area contributed by atoms with Gasteiger partial charge in [-0.2, -0.15) is 0 Å². The van der Waals surface area contributed by atoms with Crippen molar-refractivity contribution in [1.29, 1.82) is 0 Å². The highest BCUT2D eigenvalue weighted by atomic mass is 16.4. The zero-order valence-corrected chi connectivity index (χ0v) is 15.9. The zero-order valence-electron chi connectivity index (χ0n) is 15.9. The van der Waals surface area contributed by atoms with E-state index in [0.29, 0.717) is 58.8 Å². The Hall–Kier alpha value is -2.43. The van der Waals surface area contributed by atoms with Crippen LogP contribution in [0.4, 0.5) is 0 Å². The molecule has 10 heteroatoms. The quantitative estimate of drug-likeness (QED) is 0.509. The highest BCUT2D eigenvalue weighted by Gasteiger charge is 2.19. The standard InChI is InChI=1S/C18H28N4O6/c23-15-3-1-5-22(18(15)28)6-2-4-19-7-9-20(13-16(24)25)11-12-21(10-8-19)14-17(26)27/h1,3,5,23H,2,4,6-14H2,(H,24,25)(H,26,27). The van der Waals surface area contributed by atoms with Gasteiger partial charge in [-0.1, -0.05) is 0 Å². The van der Waals surface area contributed by atoms with Gasteiger partial charge in [0.2, 0.25) is 0 Å². The van der Waals surface area contributed by atoms with E-state index in [1.165, 1.54) is 10.6 Å². The van der Waals surface area contributed by atoms with Crippen molar-refractivity contribution in [2.75, 3.05) is 58.9 Å². The van der Waals surface area contributed by atoms with Crippen LogP contribution in [0.25, 0.3) is 0 Å². The Balaban J connectivity index is 1.94. The van der Waals surface area contributed by atoms with Crippen LogP contribution in [0.2, 0.25) is 0 Å². The maximum atomic E-state index is 11.9. The molecule has 156 valence electrons. The Labute approximate surface area is 163 Å². The maximum Gasteiger partial charge on any atom is 0.317 e. The van der Waals surface area contributed by atoms with Gasteiger partial charge in [0.05, 0.1) is 13.1 Å². The number of aromatic nitrogens is 1. The molecule has 0 unspecified atom stereocenters. The summed E-state index contributed by atoms with van der Waals surface area (Å²) in [6, 6.07) is 2.97. The van der Waals surface area contributed by atoms with E-state index in [4.69, 9.17) is 10.2 Å². The van der Waals surface area contributed by atoms with Gasteiger partial charge < -0.3 is 24.8 Å². The van der Waals surface area contributed by atoms with Gasteiger partial charge in [-0.25, -0.2) is 0 Å². The highest BCUT2D eigenvalue weighted by Crippen LogP contribution is 2.03. The second-order valence-corrected chi connectivity index (χ2v) is 6.93. The van der Waals surface area contributed by atoms with Gasteiger partial charge in [-0.05, 0) is 25.1 Å². The van der Waals surface area contributed by atoms with Crippen LogP contribution in [-0.4, -0.2) is 105 Å². The summed E-state index contributed by atoms with van der Waals surface area (Å²) in [7, 11) is 0. The molecule has 1 aromatic rings. The van der Waals surface area contributed by atoms with Crippen LogP contribution < -0.4 is 5.56 Å². The summed E-state index contributed by atoms with van der Waals surface area (Å²) in [6.07, 6.45) is 2.31. The van der Waals surface area contributed by atoms with E-state index < -0.39 is 17.5 Å². The summed E-state index contributed by atoms with van der Waals surface area (Å²) >= 11 is 0. The number of carboxylic acid groups (broad SMARTS) is 2. The van der Waals surface area contributed by atoms with Crippen molar-refractivity contribution in [3.05, 3.63) is 28.7 Å². The van der Waals surface area contributed by atoms with Crippen molar-refractivity contribution < 1.29 is 24.9 Å². The first kappa shape index (κ1) is 21.9. The first-order valence-corrected chi connectivity index (χ1v) is 9.34. The van der Waals surface area contributed by atoms with E-state index in [2.05, 4.69) is 4.90 Å². The number of carboxylic acids is 2. The number of aryl methyl sites for hydroxylation is 1. The van der Waals surface area contributed by atoms with Gasteiger partial charge in [0, 0.05) is 52.0 Å². The number of nitrogens with zero attached hydrogens (tertiary/aromatic N) is 4. The van der Waals surface area contributed by atoms with Crippen LogP contribution >= 0.6 is 0 Å². The van der Waals surface area contributed by atoms with Gasteiger partial charge in [0.15, 0.2) is 5.75 Å². The summed E-state index contributed by atoms with van der Waals surface area (Å²) in [5.74, 6) is -2.09. The molecule has 0 radical (unpaired) electrons. The lowest BCUT2D eigenvalue weighted by atomic mass is 10.3. The smallest absolute Gasteiger partial charge is 0.317 e. The minimum Gasteiger partial charge on any atom is -0.503 e. The number of hydrogen-bond acceptors (Lipinski definition) is 7. The third-order valence-electron chi connectivity index (χ3n) is 4.79. The second kappa shape index (κ2) is 10.8. The van der Waals surface area contributed by atoms with Gasteiger partial charge >= 0.3 is 11.9 Å². The summed E-state index contributed by atoms with van der Waals surface area (Å²) in [4.78, 5) is 39.8. The van der Waals surface area contributed by atoms with Crippen molar-refractivity contribution in [2.24, 2.45) is 0 Å². The highest BCUT2D eigenvalue weighted by molar-refractivity contribution is 5.69. The Morgan fingerprint density at radius 3 is 1.86 bits per heavy atom. The fraction of sp³-hybridized carbons (Fsp3) is 0.611. The van der Waals surface area contributed by atoms with Crippen LogP contribution in [-0.2, 0) is 16.1 Å². The third kappa shape index (κ3) is 7.29. The molecule has 1 aliphatic heterocycles. The summed E-state index contributed by atoms with van der Waals surface area (Å²) in [5.41, 5.74) is -0.424. The predicted octanol–water partition coefficient (Wildman–Crippen LogP) is -0.967. The topological polar surface area (TPSA) is 127 Å². The number of aromatic hydroxyl groups is 1. The average molecular weight is 396 g/mol. The number of carbonyl (C=O) groups is 2. The Bertz CT molecular complexity index is 694. The molecule has 1 aromatic heterocycles. The van der Waals surface area contributed by atoms with E-state index in [0.717, 1.165) is 0 Å². The van der Waals surface area contributed by atoms with E-state index in [9.17, 15) is 19.5 Å². The van der Waals surface area contributed by atoms with Gasteiger partial charge in [0.1, 0.15) is 0 Å². The predicted molar refractivity (Wildman–Crippen MR) is 102 cm³/mol. The molecule has 2 rings (SSSR count). The number of pyridine rings is 1. The molecular weight excluding hydrogens is 368 g/mol. The molecule has 3 N–H and O–H groups in total. The minimum absolute atomic E-state index is 0.0760. The lowest BCUT2D eigenvalue weighted by molar-refractivity contribution is -0.140. The fourth-order valence-electron chi connectivity index (χ4n) is 3.27. The number of hydrogen-bond donors (Lipinski definition) is 3. The van der Waals surface area contributed by atoms with Crippen LogP contribution in [0, 0.1) is 0 Å². The number of aliphatic carboxylic acids is 2. The van der Waals surface area contributed by atoms with Crippen LogP contribution in [0.3, 0.4) is 0 Å². The Morgan fingerprint density at radius 2 is 1.36 bits per heavy atom. The lowest BCUT2D eigenvalue weighted by Gasteiger charge is -2.25.